The standard InChI is InChI=1S/C22H22N4O2/c1-3-21(27)22(25-18-10-6-7-11-20(18)28-2)15-23-12-13-26(22)19-14-24-17-9-5-4-8-16(17)19/h4-15,24-25H,3H2,1-2H3. The van der Waals surface area contributed by atoms with Gasteiger partial charge in [-0.3, -0.25) is 9.79 Å². The number of rotatable bonds is 6. The molecule has 2 aromatic carbocycles. The summed E-state index contributed by atoms with van der Waals surface area (Å²) in [5, 5.41) is 4.43. The first kappa shape index (κ1) is 17.9. The molecule has 0 fully saturated rings. The van der Waals surface area contributed by atoms with Crippen molar-refractivity contribution in [2.75, 3.05) is 17.3 Å². The Morgan fingerprint density at radius 3 is 2.82 bits per heavy atom. The minimum absolute atomic E-state index is 0.00297. The highest BCUT2D eigenvalue weighted by molar-refractivity contribution is 6.12. The number of carbonyl (C=O) groups excluding carboxylic acids is 1. The summed E-state index contributed by atoms with van der Waals surface area (Å²) in [5.74, 6) is 0.657. The van der Waals surface area contributed by atoms with E-state index in [0.29, 0.717) is 12.2 Å². The van der Waals surface area contributed by atoms with Crippen LogP contribution in [0, 0.1) is 0 Å². The highest BCUT2D eigenvalue weighted by Gasteiger charge is 2.43. The summed E-state index contributed by atoms with van der Waals surface area (Å²) in [5.41, 5.74) is 1.45. The molecule has 1 aliphatic rings. The Morgan fingerprint density at radius 1 is 1.21 bits per heavy atom. The molecule has 0 spiro atoms. The lowest BCUT2D eigenvalue weighted by atomic mass is 9.98. The van der Waals surface area contributed by atoms with E-state index in [9.17, 15) is 4.79 Å². The van der Waals surface area contributed by atoms with Crippen molar-refractivity contribution >= 4 is 34.3 Å². The van der Waals surface area contributed by atoms with Crippen LogP contribution in [0.4, 0.5) is 11.4 Å². The number of nitrogens with zero attached hydrogens (tertiary/aromatic N) is 2. The fourth-order valence-electron chi connectivity index (χ4n) is 3.55. The molecule has 2 heterocycles. The van der Waals surface area contributed by atoms with E-state index in [1.165, 1.54) is 0 Å². The molecule has 142 valence electrons. The highest BCUT2D eigenvalue weighted by Crippen LogP contribution is 2.36. The smallest absolute Gasteiger partial charge is 0.212 e. The van der Waals surface area contributed by atoms with Gasteiger partial charge in [0.1, 0.15) is 5.75 Å². The quantitative estimate of drug-likeness (QED) is 0.674. The minimum atomic E-state index is -1.16. The lowest BCUT2D eigenvalue weighted by Crippen LogP contribution is -2.60. The first-order valence-electron chi connectivity index (χ1n) is 9.20. The Hall–Kier alpha value is -3.54. The molecule has 0 saturated heterocycles. The fraction of sp³-hybridized carbons (Fsp3) is 0.182. The van der Waals surface area contributed by atoms with E-state index in [2.05, 4.69) is 15.3 Å². The summed E-state index contributed by atoms with van der Waals surface area (Å²) in [6.45, 7) is 1.85. The highest BCUT2D eigenvalue weighted by atomic mass is 16.5. The number of para-hydroxylation sites is 3. The number of ketones is 1. The van der Waals surface area contributed by atoms with Gasteiger partial charge in [-0.1, -0.05) is 37.3 Å². The Balaban J connectivity index is 1.87. The minimum Gasteiger partial charge on any atom is -0.495 e. The zero-order valence-corrected chi connectivity index (χ0v) is 15.8. The maximum absolute atomic E-state index is 13.3. The molecule has 1 aliphatic heterocycles. The molecule has 3 aromatic rings. The number of hydrogen-bond donors (Lipinski definition) is 2. The van der Waals surface area contributed by atoms with E-state index < -0.39 is 5.66 Å². The van der Waals surface area contributed by atoms with E-state index >= 15 is 0 Å². The average molecular weight is 374 g/mol. The van der Waals surface area contributed by atoms with E-state index in [-0.39, 0.29) is 5.78 Å². The van der Waals surface area contributed by atoms with Crippen molar-refractivity contribution in [2.45, 2.75) is 19.0 Å². The van der Waals surface area contributed by atoms with Crippen molar-refractivity contribution in [1.29, 1.82) is 0 Å². The molecule has 0 radical (unpaired) electrons. The van der Waals surface area contributed by atoms with Gasteiger partial charge in [-0.15, -0.1) is 0 Å². The van der Waals surface area contributed by atoms with Crippen molar-refractivity contribution in [3.05, 3.63) is 67.1 Å². The topological polar surface area (TPSA) is 69.7 Å². The number of fused-ring (bicyclic) bond motifs is 1. The van der Waals surface area contributed by atoms with Gasteiger partial charge in [-0.2, -0.15) is 0 Å². The zero-order chi connectivity index (χ0) is 19.6. The van der Waals surface area contributed by atoms with Gasteiger partial charge in [0.25, 0.3) is 0 Å². The second-order valence-electron chi connectivity index (χ2n) is 6.53. The molecule has 0 bridgehead atoms. The molecule has 1 atom stereocenters. The number of aliphatic imine (C=N–C) groups is 1. The fourth-order valence-corrected chi connectivity index (χ4v) is 3.55. The van der Waals surface area contributed by atoms with E-state index in [1.54, 1.807) is 19.5 Å². The summed E-state index contributed by atoms with van der Waals surface area (Å²) in [6.07, 6.45) is 7.43. The van der Waals surface area contributed by atoms with Crippen LogP contribution in [0.1, 0.15) is 13.3 Å². The molecule has 1 unspecified atom stereocenters. The molecule has 1 aromatic heterocycles. The number of nitrogens with one attached hydrogen (secondary N) is 2. The van der Waals surface area contributed by atoms with Crippen LogP contribution in [0.2, 0.25) is 0 Å². The lowest BCUT2D eigenvalue weighted by molar-refractivity contribution is -0.120. The Kier molecular flexibility index (Phi) is 4.61. The number of Topliss-reactive ketones (excluding diaryl/α,β-unsaturated/α-hetero) is 1. The van der Waals surface area contributed by atoms with Gasteiger partial charge in [0.2, 0.25) is 5.66 Å². The SMILES string of the molecule is CCC(=O)C1(Nc2ccccc2OC)C=NC=CN1c1c[nH]c2ccccc12. The normalized spacial score (nSPS) is 18.4. The number of carbonyl (C=O) groups is 1. The van der Waals surface area contributed by atoms with Crippen LogP contribution in [0.15, 0.2) is 72.1 Å². The molecule has 0 aliphatic carbocycles. The van der Waals surface area contributed by atoms with Crippen molar-refractivity contribution in [2.24, 2.45) is 4.99 Å². The van der Waals surface area contributed by atoms with E-state index in [4.69, 9.17) is 4.74 Å². The molecule has 4 rings (SSSR count). The summed E-state index contributed by atoms with van der Waals surface area (Å²) in [6, 6.07) is 15.6. The third kappa shape index (κ3) is 2.83. The number of anilines is 2. The molecular formula is C22H22N4O2. The van der Waals surface area contributed by atoms with Crippen LogP contribution in [0.5, 0.6) is 5.75 Å². The maximum atomic E-state index is 13.3. The summed E-state index contributed by atoms with van der Waals surface area (Å²) >= 11 is 0. The van der Waals surface area contributed by atoms with Crippen LogP contribution in [-0.4, -0.2) is 29.8 Å². The Labute approximate surface area is 163 Å². The third-order valence-corrected chi connectivity index (χ3v) is 4.95. The van der Waals surface area contributed by atoms with Crippen LogP contribution < -0.4 is 15.0 Å². The first-order valence-corrected chi connectivity index (χ1v) is 9.20. The number of aromatic amines is 1. The van der Waals surface area contributed by atoms with Gasteiger partial charge in [0.15, 0.2) is 5.78 Å². The predicted molar refractivity (Wildman–Crippen MR) is 113 cm³/mol. The Morgan fingerprint density at radius 2 is 2.00 bits per heavy atom. The summed E-state index contributed by atoms with van der Waals surface area (Å²) in [7, 11) is 1.61. The predicted octanol–water partition coefficient (Wildman–Crippen LogP) is 4.33. The number of ether oxygens (including phenoxy) is 1. The van der Waals surface area contributed by atoms with E-state index in [0.717, 1.165) is 22.3 Å². The molecule has 6 heteroatoms. The van der Waals surface area contributed by atoms with Gasteiger partial charge >= 0.3 is 0 Å². The molecule has 6 nitrogen and oxygen atoms in total. The summed E-state index contributed by atoms with van der Waals surface area (Å²) < 4.78 is 5.48. The van der Waals surface area contributed by atoms with Crippen LogP contribution >= 0.6 is 0 Å². The van der Waals surface area contributed by atoms with Crippen molar-refractivity contribution in [3.63, 3.8) is 0 Å². The van der Waals surface area contributed by atoms with Gasteiger partial charge in [-0.25, -0.2) is 0 Å². The third-order valence-electron chi connectivity index (χ3n) is 4.95. The largest absolute Gasteiger partial charge is 0.495 e. The molecule has 2 N–H and O–H groups in total. The van der Waals surface area contributed by atoms with Crippen LogP contribution in [0.3, 0.4) is 0 Å². The van der Waals surface area contributed by atoms with Gasteiger partial charge < -0.3 is 19.9 Å². The average Bonchev–Trinajstić information content (AvgIpc) is 3.17. The number of benzene rings is 2. The number of H-pyrrole nitrogens is 1. The van der Waals surface area contributed by atoms with Crippen molar-refractivity contribution < 1.29 is 9.53 Å². The van der Waals surface area contributed by atoms with Crippen LogP contribution in [-0.2, 0) is 4.79 Å². The number of hydrogen-bond acceptors (Lipinski definition) is 5. The maximum Gasteiger partial charge on any atom is 0.212 e. The molecule has 28 heavy (non-hydrogen) atoms. The van der Waals surface area contributed by atoms with Crippen molar-refractivity contribution in [1.82, 2.24) is 4.98 Å². The monoisotopic (exact) mass is 374 g/mol. The second kappa shape index (κ2) is 7.23. The van der Waals surface area contributed by atoms with Gasteiger partial charge in [0.05, 0.1) is 24.7 Å². The van der Waals surface area contributed by atoms with E-state index in [1.807, 2.05) is 72.8 Å². The van der Waals surface area contributed by atoms with Gasteiger partial charge in [0, 0.05) is 35.9 Å². The van der Waals surface area contributed by atoms with Gasteiger partial charge in [-0.05, 0) is 18.2 Å². The molecular weight excluding hydrogens is 352 g/mol. The molecule has 0 amide bonds. The summed E-state index contributed by atoms with van der Waals surface area (Å²) in [4.78, 5) is 22.8. The zero-order valence-electron chi connectivity index (χ0n) is 15.8. The van der Waals surface area contributed by atoms with Crippen molar-refractivity contribution in [3.8, 4) is 5.75 Å². The second-order valence-corrected chi connectivity index (χ2v) is 6.53. The lowest BCUT2D eigenvalue weighted by Gasteiger charge is -2.41. The molecule has 0 saturated carbocycles. The number of methoxy groups -OCH3 is 1. The first-order chi connectivity index (χ1) is 13.7. The Bertz CT molecular complexity index is 1070. The number of aromatic nitrogens is 1. The van der Waals surface area contributed by atoms with Crippen LogP contribution in [0.25, 0.3) is 10.9 Å².